The van der Waals surface area contributed by atoms with Gasteiger partial charge in [0.25, 0.3) is 0 Å². The first-order valence-electron chi connectivity index (χ1n) is 6.61. The fraction of sp³-hybridized carbons (Fsp3) is 0.0667. The van der Waals surface area contributed by atoms with Gasteiger partial charge >= 0.3 is 6.03 Å². The maximum absolute atomic E-state index is 11.8. The van der Waals surface area contributed by atoms with Gasteiger partial charge in [0.05, 0.1) is 0 Å². The number of hydrogen-bond acceptors (Lipinski definition) is 5. The smallest absolute Gasteiger partial charge is 0.320 e. The van der Waals surface area contributed by atoms with Gasteiger partial charge in [-0.15, -0.1) is 11.3 Å². The minimum atomic E-state index is -0.296. The van der Waals surface area contributed by atoms with Crippen LogP contribution in [-0.4, -0.2) is 21.0 Å². The van der Waals surface area contributed by atoms with Crippen LogP contribution in [0.4, 0.5) is 10.6 Å². The van der Waals surface area contributed by atoms with E-state index in [4.69, 9.17) is 0 Å². The number of anilines is 1. The number of pyridine rings is 2. The molecule has 0 atom stereocenters. The largest absolute Gasteiger partial charge is 0.334 e. The van der Waals surface area contributed by atoms with Crippen molar-refractivity contribution < 1.29 is 4.79 Å². The van der Waals surface area contributed by atoms with Crippen molar-refractivity contribution in [3.05, 3.63) is 60.0 Å². The van der Waals surface area contributed by atoms with Gasteiger partial charge in [0.2, 0.25) is 0 Å². The molecule has 0 aromatic carbocycles. The molecule has 0 bridgehead atoms. The van der Waals surface area contributed by atoms with Crippen molar-refractivity contribution >= 4 is 23.2 Å². The molecule has 110 valence electrons. The molecular formula is C15H13N5OS. The summed E-state index contributed by atoms with van der Waals surface area (Å²) < 4.78 is 0. The summed E-state index contributed by atoms with van der Waals surface area (Å²) in [6, 6.07) is 7.19. The second kappa shape index (κ2) is 6.77. The van der Waals surface area contributed by atoms with Crippen LogP contribution in [0.5, 0.6) is 0 Å². The zero-order chi connectivity index (χ0) is 15.2. The van der Waals surface area contributed by atoms with Gasteiger partial charge in [-0.1, -0.05) is 6.07 Å². The maximum atomic E-state index is 11.8. The molecule has 0 aliphatic heterocycles. The summed E-state index contributed by atoms with van der Waals surface area (Å²) in [4.78, 5) is 24.2. The molecule has 3 heterocycles. The van der Waals surface area contributed by atoms with Crippen LogP contribution in [0.1, 0.15) is 5.56 Å². The summed E-state index contributed by atoms with van der Waals surface area (Å²) in [6.45, 7) is 0.418. The second-order valence-electron chi connectivity index (χ2n) is 4.44. The first-order valence-corrected chi connectivity index (χ1v) is 7.49. The van der Waals surface area contributed by atoms with Crippen LogP contribution < -0.4 is 10.6 Å². The topological polar surface area (TPSA) is 79.8 Å². The SMILES string of the molecule is O=C(NCc1cccnc1)Nc1csc(-c2ccncc2)n1. The number of carbonyl (C=O) groups excluding carboxylic acids is 1. The summed E-state index contributed by atoms with van der Waals surface area (Å²) in [5, 5.41) is 8.12. The molecule has 3 rings (SSSR count). The highest BCUT2D eigenvalue weighted by molar-refractivity contribution is 7.13. The average molecular weight is 311 g/mol. The fourth-order valence-electron chi connectivity index (χ4n) is 1.80. The van der Waals surface area contributed by atoms with E-state index >= 15 is 0 Å². The van der Waals surface area contributed by atoms with Gasteiger partial charge in [0.1, 0.15) is 10.8 Å². The van der Waals surface area contributed by atoms with Crippen LogP contribution in [0.15, 0.2) is 54.4 Å². The van der Waals surface area contributed by atoms with Gasteiger partial charge in [-0.05, 0) is 23.8 Å². The molecule has 6 nitrogen and oxygen atoms in total. The molecule has 2 N–H and O–H groups in total. The van der Waals surface area contributed by atoms with E-state index in [1.807, 2.05) is 24.3 Å². The summed E-state index contributed by atoms with van der Waals surface area (Å²) in [5.41, 5.74) is 1.91. The van der Waals surface area contributed by atoms with E-state index in [0.29, 0.717) is 12.4 Å². The summed E-state index contributed by atoms with van der Waals surface area (Å²) in [7, 11) is 0. The molecule has 0 saturated heterocycles. The van der Waals surface area contributed by atoms with Gasteiger partial charge in [0, 0.05) is 42.3 Å². The first kappa shape index (κ1) is 14.2. The van der Waals surface area contributed by atoms with Crippen molar-refractivity contribution in [1.29, 1.82) is 0 Å². The predicted molar refractivity (Wildman–Crippen MR) is 85.4 cm³/mol. The van der Waals surface area contributed by atoms with Crippen molar-refractivity contribution in [2.24, 2.45) is 0 Å². The minimum absolute atomic E-state index is 0.296. The number of aromatic nitrogens is 3. The van der Waals surface area contributed by atoms with Gasteiger partial charge in [-0.2, -0.15) is 0 Å². The van der Waals surface area contributed by atoms with Crippen LogP contribution in [0.25, 0.3) is 10.6 Å². The Labute approximate surface area is 131 Å². The van der Waals surface area contributed by atoms with Crippen LogP contribution in [0, 0.1) is 0 Å². The molecule has 0 radical (unpaired) electrons. The Kier molecular flexibility index (Phi) is 4.35. The number of rotatable bonds is 4. The normalized spacial score (nSPS) is 10.2. The number of nitrogens with one attached hydrogen (secondary N) is 2. The van der Waals surface area contributed by atoms with Crippen molar-refractivity contribution in [1.82, 2.24) is 20.3 Å². The van der Waals surface area contributed by atoms with Crippen molar-refractivity contribution in [3.63, 3.8) is 0 Å². The monoisotopic (exact) mass is 311 g/mol. The molecule has 0 spiro atoms. The molecule has 0 aliphatic rings. The molecule has 2 amide bonds. The molecule has 3 aromatic rings. The van der Waals surface area contributed by atoms with E-state index in [-0.39, 0.29) is 6.03 Å². The van der Waals surface area contributed by atoms with E-state index in [9.17, 15) is 4.79 Å². The van der Waals surface area contributed by atoms with Crippen LogP contribution in [0.2, 0.25) is 0 Å². The lowest BCUT2D eigenvalue weighted by Gasteiger charge is -2.05. The number of nitrogens with zero attached hydrogens (tertiary/aromatic N) is 3. The van der Waals surface area contributed by atoms with Crippen molar-refractivity contribution in [2.75, 3.05) is 5.32 Å². The van der Waals surface area contributed by atoms with E-state index in [1.165, 1.54) is 11.3 Å². The number of amides is 2. The minimum Gasteiger partial charge on any atom is -0.334 e. The average Bonchev–Trinajstić information content (AvgIpc) is 3.03. The molecular weight excluding hydrogens is 298 g/mol. The zero-order valence-electron chi connectivity index (χ0n) is 11.6. The standard InChI is InChI=1S/C15H13N5OS/c21-15(18-9-11-2-1-5-17-8-11)20-13-10-22-14(19-13)12-3-6-16-7-4-12/h1-8,10H,9H2,(H2,18,20,21). The number of thiazole rings is 1. The molecule has 3 aromatic heterocycles. The van der Waals surface area contributed by atoms with Gasteiger partial charge in [-0.3, -0.25) is 15.3 Å². The zero-order valence-corrected chi connectivity index (χ0v) is 12.4. The molecule has 0 saturated carbocycles. The summed E-state index contributed by atoms with van der Waals surface area (Å²) >= 11 is 1.47. The molecule has 0 unspecified atom stereocenters. The van der Waals surface area contributed by atoms with E-state index in [1.54, 1.807) is 30.2 Å². The quantitative estimate of drug-likeness (QED) is 0.776. The number of carbonyl (C=O) groups is 1. The lowest BCUT2D eigenvalue weighted by Crippen LogP contribution is -2.28. The summed E-state index contributed by atoms with van der Waals surface area (Å²) in [5.74, 6) is 0.528. The summed E-state index contributed by atoms with van der Waals surface area (Å²) in [6.07, 6.45) is 6.83. The van der Waals surface area contributed by atoms with Gasteiger partial charge < -0.3 is 5.32 Å². The van der Waals surface area contributed by atoms with E-state index < -0.39 is 0 Å². The Morgan fingerprint density at radius 1 is 1.14 bits per heavy atom. The highest BCUT2D eigenvalue weighted by atomic mass is 32.1. The third kappa shape index (κ3) is 3.64. The Bertz CT molecular complexity index is 745. The Morgan fingerprint density at radius 2 is 2.00 bits per heavy atom. The van der Waals surface area contributed by atoms with E-state index in [0.717, 1.165) is 16.1 Å². The Hall–Kier alpha value is -2.80. The number of urea groups is 1. The first-order chi connectivity index (χ1) is 10.8. The number of hydrogen-bond donors (Lipinski definition) is 2. The third-order valence-electron chi connectivity index (χ3n) is 2.85. The third-order valence-corrected chi connectivity index (χ3v) is 3.74. The molecule has 0 aliphatic carbocycles. The predicted octanol–water partition coefficient (Wildman–Crippen LogP) is 2.92. The van der Waals surface area contributed by atoms with Crippen LogP contribution in [0.3, 0.4) is 0 Å². The Balaban J connectivity index is 1.57. The van der Waals surface area contributed by atoms with Crippen molar-refractivity contribution in [2.45, 2.75) is 6.54 Å². The van der Waals surface area contributed by atoms with Crippen molar-refractivity contribution in [3.8, 4) is 10.6 Å². The van der Waals surface area contributed by atoms with E-state index in [2.05, 4.69) is 25.6 Å². The molecule has 22 heavy (non-hydrogen) atoms. The Morgan fingerprint density at radius 3 is 2.77 bits per heavy atom. The maximum Gasteiger partial charge on any atom is 0.320 e. The second-order valence-corrected chi connectivity index (χ2v) is 5.30. The highest BCUT2D eigenvalue weighted by Crippen LogP contribution is 2.24. The molecule has 7 heteroatoms. The van der Waals surface area contributed by atoms with Gasteiger partial charge in [-0.25, -0.2) is 9.78 Å². The molecule has 0 fully saturated rings. The fourth-order valence-corrected chi connectivity index (χ4v) is 2.56. The van der Waals surface area contributed by atoms with Crippen LogP contribution >= 0.6 is 11.3 Å². The lowest BCUT2D eigenvalue weighted by atomic mass is 10.3. The van der Waals surface area contributed by atoms with Gasteiger partial charge in [0.15, 0.2) is 0 Å². The van der Waals surface area contributed by atoms with Crippen LogP contribution in [-0.2, 0) is 6.54 Å². The lowest BCUT2D eigenvalue weighted by molar-refractivity contribution is 0.251. The highest BCUT2D eigenvalue weighted by Gasteiger charge is 2.07.